The molecule has 7 nitrogen and oxygen atoms in total. The number of methoxy groups -OCH3 is 1. The molecule has 1 saturated heterocycles. The van der Waals surface area contributed by atoms with Crippen molar-refractivity contribution in [1.82, 2.24) is 9.88 Å². The Morgan fingerprint density at radius 1 is 1.07 bits per heavy atom. The van der Waals surface area contributed by atoms with Crippen molar-refractivity contribution in [2.45, 2.75) is 20.3 Å². The number of amides is 1. The highest BCUT2D eigenvalue weighted by Gasteiger charge is 2.22. The Bertz CT molecular complexity index is 867. The van der Waals surface area contributed by atoms with Gasteiger partial charge in [-0.3, -0.25) is 4.79 Å². The van der Waals surface area contributed by atoms with Crippen molar-refractivity contribution in [1.29, 1.82) is 0 Å². The molecule has 0 radical (unpaired) electrons. The van der Waals surface area contributed by atoms with Crippen LogP contribution in [0.4, 0.5) is 5.82 Å². The van der Waals surface area contributed by atoms with Crippen LogP contribution >= 0.6 is 0 Å². The van der Waals surface area contributed by atoms with Gasteiger partial charge in [0.2, 0.25) is 0 Å². The second kappa shape index (κ2) is 9.41. The SMILES string of the molecule is CCOC(=O)c1ccc(N2CCCN(C(=O)c3ccc(C)c(OC)c3)CC2)nc1. The number of benzene rings is 1. The van der Waals surface area contributed by atoms with Crippen LogP contribution in [0.2, 0.25) is 0 Å². The Hall–Kier alpha value is -3.09. The van der Waals surface area contributed by atoms with Crippen molar-refractivity contribution in [2.75, 3.05) is 44.8 Å². The normalized spacial score (nSPS) is 14.3. The number of aromatic nitrogens is 1. The third-order valence-corrected chi connectivity index (χ3v) is 5.02. The molecule has 154 valence electrons. The van der Waals surface area contributed by atoms with Crippen LogP contribution in [0.5, 0.6) is 5.75 Å². The van der Waals surface area contributed by atoms with E-state index in [0.29, 0.717) is 37.4 Å². The Kier molecular flexibility index (Phi) is 6.69. The molecule has 2 heterocycles. The van der Waals surface area contributed by atoms with E-state index in [1.54, 1.807) is 32.4 Å². The molecule has 0 saturated carbocycles. The molecule has 1 aromatic carbocycles. The van der Waals surface area contributed by atoms with Gasteiger partial charge < -0.3 is 19.3 Å². The molecule has 0 bridgehead atoms. The summed E-state index contributed by atoms with van der Waals surface area (Å²) in [5.41, 5.74) is 2.08. The highest BCUT2D eigenvalue weighted by molar-refractivity contribution is 5.95. The Morgan fingerprint density at radius 2 is 1.86 bits per heavy atom. The van der Waals surface area contributed by atoms with E-state index in [2.05, 4.69) is 9.88 Å². The molecule has 1 aliphatic rings. The van der Waals surface area contributed by atoms with Crippen LogP contribution in [-0.2, 0) is 4.74 Å². The van der Waals surface area contributed by atoms with Gasteiger partial charge in [-0.05, 0) is 50.1 Å². The number of rotatable bonds is 5. The lowest BCUT2D eigenvalue weighted by Gasteiger charge is -2.23. The Morgan fingerprint density at radius 3 is 2.55 bits per heavy atom. The number of nitrogens with zero attached hydrogens (tertiary/aromatic N) is 3. The van der Waals surface area contributed by atoms with Gasteiger partial charge in [-0.1, -0.05) is 6.07 Å². The fourth-order valence-electron chi connectivity index (χ4n) is 3.39. The summed E-state index contributed by atoms with van der Waals surface area (Å²) in [4.78, 5) is 33.1. The molecule has 0 N–H and O–H groups in total. The van der Waals surface area contributed by atoms with Crippen LogP contribution in [0.1, 0.15) is 39.6 Å². The molecule has 1 aliphatic heterocycles. The first-order valence-electron chi connectivity index (χ1n) is 9.85. The van der Waals surface area contributed by atoms with E-state index in [0.717, 1.165) is 30.1 Å². The summed E-state index contributed by atoms with van der Waals surface area (Å²) in [5.74, 6) is 1.16. The minimum atomic E-state index is -0.368. The van der Waals surface area contributed by atoms with Crippen molar-refractivity contribution in [3.05, 3.63) is 53.2 Å². The van der Waals surface area contributed by atoms with E-state index in [-0.39, 0.29) is 11.9 Å². The number of esters is 1. The van der Waals surface area contributed by atoms with Gasteiger partial charge in [0.25, 0.3) is 5.91 Å². The number of pyridine rings is 1. The van der Waals surface area contributed by atoms with Gasteiger partial charge in [-0.15, -0.1) is 0 Å². The summed E-state index contributed by atoms with van der Waals surface area (Å²) in [5, 5.41) is 0. The standard InChI is InChI=1S/C22H27N3O4/c1-4-29-22(27)18-8-9-20(23-15-18)24-10-5-11-25(13-12-24)21(26)17-7-6-16(2)19(14-17)28-3/h6-9,14-15H,4-5,10-13H2,1-3H3. The summed E-state index contributed by atoms with van der Waals surface area (Å²) < 4.78 is 10.3. The second-order valence-corrected chi connectivity index (χ2v) is 6.94. The predicted molar refractivity (Wildman–Crippen MR) is 111 cm³/mol. The largest absolute Gasteiger partial charge is 0.496 e. The van der Waals surface area contributed by atoms with E-state index in [1.807, 2.05) is 30.0 Å². The summed E-state index contributed by atoms with van der Waals surface area (Å²) in [7, 11) is 1.61. The fourth-order valence-corrected chi connectivity index (χ4v) is 3.39. The van der Waals surface area contributed by atoms with Crippen molar-refractivity contribution in [2.24, 2.45) is 0 Å². The second-order valence-electron chi connectivity index (χ2n) is 6.94. The lowest BCUT2D eigenvalue weighted by molar-refractivity contribution is 0.0525. The number of hydrogen-bond donors (Lipinski definition) is 0. The molecule has 29 heavy (non-hydrogen) atoms. The molecule has 0 spiro atoms. The van der Waals surface area contributed by atoms with Gasteiger partial charge in [-0.2, -0.15) is 0 Å². The number of carbonyl (C=O) groups excluding carboxylic acids is 2. The van der Waals surface area contributed by atoms with Gasteiger partial charge in [-0.25, -0.2) is 9.78 Å². The summed E-state index contributed by atoms with van der Waals surface area (Å²) in [6.07, 6.45) is 2.38. The number of anilines is 1. The van der Waals surface area contributed by atoms with Crippen LogP contribution in [0, 0.1) is 6.92 Å². The first-order chi connectivity index (χ1) is 14.0. The summed E-state index contributed by atoms with van der Waals surface area (Å²) >= 11 is 0. The molecule has 3 rings (SSSR count). The fraction of sp³-hybridized carbons (Fsp3) is 0.409. The molecular formula is C22H27N3O4. The highest BCUT2D eigenvalue weighted by atomic mass is 16.5. The minimum absolute atomic E-state index is 0.00997. The van der Waals surface area contributed by atoms with Crippen molar-refractivity contribution in [3.8, 4) is 5.75 Å². The molecule has 1 aromatic heterocycles. The maximum Gasteiger partial charge on any atom is 0.339 e. The topological polar surface area (TPSA) is 72.0 Å². The van der Waals surface area contributed by atoms with E-state index in [1.165, 1.54) is 0 Å². The first-order valence-corrected chi connectivity index (χ1v) is 9.85. The van der Waals surface area contributed by atoms with Crippen LogP contribution in [0.25, 0.3) is 0 Å². The lowest BCUT2D eigenvalue weighted by atomic mass is 10.1. The maximum absolute atomic E-state index is 12.9. The van der Waals surface area contributed by atoms with E-state index < -0.39 is 0 Å². The average Bonchev–Trinajstić information content (AvgIpc) is 3.00. The Labute approximate surface area is 171 Å². The molecule has 1 fully saturated rings. The van der Waals surface area contributed by atoms with Gasteiger partial charge in [0, 0.05) is 37.9 Å². The summed E-state index contributed by atoms with van der Waals surface area (Å²) in [6.45, 7) is 6.84. The van der Waals surface area contributed by atoms with Crippen LogP contribution in [-0.4, -0.2) is 61.7 Å². The quantitative estimate of drug-likeness (QED) is 0.723. The zero-order chi connectivity index (χ0) is 20.8. The molecule has 0 unspecified atom stereocenters. The first kappa shape index (κ1) is 20.6. The van der Waals surface area contributed by atoms with Gasteiger partial charge in [0.1, 0.15) is 11.6 Å². The predicted octanol–water partition coefficient (Wildman–Crippen LogP) is 2.93. The molecule has 2 aromatic rings. The minimum Gasteiger partial charge on any atom is -0.496 e. The molecule has 1 amide bonds. The summed E-state index contributed by atoms with van der Waals surface area (Å²) in [6, 6.07) is 9.11. The molecule has 0 aliphatic carbocycles. The van der Waals surface area contributed by atoms with Crippen LogP contribution in [0.3, 0.4) is 0 Å². The molecular weight excluding hydrogens is 370 g/mol. The van der Waals surface area contributed by atoms with Crippen molar-refractivity contribution < 1.29 is 19.1 Å². The zero-order valence-electron chi connectivity index (χ0n) is 17.2. The van der Waals surface area contributed by atoms with Crippen LogP contribution < -0.4 is 9.64 Å². The van der Waals surface area contributed by atoms with E-state index in [4.69, 9.17) is 9.47 Å². The highest BCUT2D eigenvalue weighted by Crippen LogP contribution is 2.21. The van der Waals surface area contributed by atoms with E-state index >= 15 is 0 Å². The van der Waals surface area contributed by atoms with Gasteiger partial charge in [0.15, 0.2) is 0 Å². The zero-order valence-corrected chi connectivity index (χ0v) is 17.2. The monoisotopic (exact) mass is 397 g/mol. The Balaban J connectivity index is 1.65. The van der Waals surface area contributed by atoms with Crippen molar-refractivity contribution >= 4 is 17.7 Å². The van der Waals surface area contributed by atoms with Crippen LogP contribution in [0.15, 0.2) is 36.5 Å². The third kappa shape index (κ3) is 4.85. The average molecular weight is 397 g/mol. The smallest absolute Gasteiger partial charge is 0.339 e. The number of ether oxygens (including phenoxy) is 2. The number of carbonyl (C=O) groups is 2. The van der Waals surface area contributed by atoms with Gasteiger partial charge in [0.05, 0.1) is 19.3 Å². The maximum atomic E-state index is 12.9. The number of hydrogen-bond acceptors (Lipinski definition) is 6. The third-order valence-electron chi connectivity index (χ3n) is 5.02. The van der Waals surface area contributed by atoms with Crippen molar-refractivity contribution in [3.63, 3.8) is 0 Å². The lowest BCUT2D eigenvalue weighted by Crippen LogP contribution is -2.35. The molecule has 0 atom stereocenters. The molecule has 7 heteroatoms. The van der Waals surface area contributed by atoms with Gasteiger partial charge >= 0.3 is 5.97 Å². The van der Waals surface area contributed by atoms with E-state index in [9.17, 15) is 9.59 Å². The number of aryl methyl sites for hydroxylation is 1.